The molecule has 1 fully saturated rings. The van der Waals surface area contributed by atoms with Crippen molar-refractivity contribution in [3.8, 4) is 0 Å². The van der Waals surface area contributed by atoms with E-state index in [9.17, 15) is 9.59 Å². The van der Waals surface area contributed by atoms with E-state index in [1.54, 1.807) is 24.6 Å². The van der Waals surface area contributed by atoms with E-state index < -0.39 is 5.91 Å². The number of aromatic amines is 1. The van der Waals surface area contributed by atoms with Crippen LogP contribution in [0, 0.1) is 5.92 Å². The van der Waals surface area contributed by atoms with E-state index in [0.29, 0.717) is 22.8 Å². The second kappa shape index (κ2) is 8.50. The highest BCUT2D eigenvalue weighted by atomic mass is 32.1. The van der Waals surface area contributed by atoms with Crippen molar-refractivity contribution in [1.29, 1.82) is 0 Å². The van der Waals surface area contributed by atoms with E-state index in [1.807, 2.05) is 40.4 Å². The molecule has 0 radical (unpaired) electrons. The number of nitrogens with zero attached hydrogens (tertiary/aromatic N) is 3. The van der Waals surface area contributed by atoms with Gasteiger partial charge in [0.15, 0.2) is 0 Å². The van der Waals surface area contributed by atoms with Gasteiger partial charge in [0.25, 0.3) is 11.8 Å². The Kier molecular flexibility index (Phi) is 5.32. The largest absolute Gasteiger partial charge is 0.383 e. The SMILES string of the molecule is COCCN1CCC(Cn2nc(C3=C(c4c[nH]c5sccc45)C(=O)NC3=O)c3ccccc32)C1. The molecule has 174 valence electrons. The minimum absolute atomic E-state index is 0.347. The lowest BCUT2D eigenvalue weighted by Gasteiger charge is -2.15. The third kappa shape index (κ3) is 3.48. The third-order valence-corrected chi connectivity index (χ3v) is 7.66. The average Bonchev–Trinajstić information content (AvgIpc) is 3.63. The number of benzene rings is 1. The number of thiophene rings is 1. The van der Waals surface area contributed by atoms with Gasteiger partial charge in [-0.3, -0.25) is 19.6 Å². The summed E-state index contributed by atoms with van der Waals surface area (Å²) in [5, 5.41) is 11.2. The number of carbonyl (C=O) groups excluding carboxylic acids is 2. The van der Waals surface area contributed by atoms with Gasteiger partial charge >= 0.3 is 0 Å². The molecule has 2 aliphatic rings. The fourth-order valence-corrected chi connectivity index (χ4v) is 5.95. The molecule has 0 bridgehead atoms. The summed E-state index contributed by atoms with van der Waals surface area (Å²) in [5.41, 5.74) is 3.00. The van der Waals surface area contributed by atoms with Crippen molar-refractivity contribution in [2.45, 2.75) is 13.0 Å². The van der Waals surface area contributed by atoms with Crippen molar-refractivity contribution in [3.05, 3.63) is 53.2 Å². The Bertz CT molecular complexity index is 1450. The maximum absolute atomic E-state index is 13.0. The summed E-state index contributed by atoms with van der Waals surface area (Å²) >= 11 is 1.57. The Hall–Kier alpha value is -3.27. The molecule has 6 rings (SSSR count). The lowest BCUT2D eigenvalue weighted by atomic mass is 9.98. The molecule has 0 aliphatic carbocycles. The van der Waals surface area contributed by atoms with Crippen LogP contribution in [0.2, 0.25) is 0 Å². The second-order valence-corrected chi connectivity index (χ2v) is 9.81. The monoisotopic (exact) mass is 475 g/mol. The molecule has 5 heterocycles. The first-order valence-electron chi connectivity index (χ1n) is 11.5. The number of ether oxygens (including phenoxy) is 1. The molecule has 1 aromatic carbocycles. The summed E-state index contributed by atoms with van der Waals surface area (Å²) in [7, 11) is 1.73. The smallest absolute Gasteiger partial charge is 0.261 e. The molecule has 2 aliphatic heterocycles. The summed E-state index contributed by atoms with van der Waals surface area (Å²) in [4.78, 5) is 32.6. The quantitative estimate of drug-likeness (QED) is 0.401. The van der Waals surface area contributed by atoms with Gasteiger partial charge in [0.2, 0.25) is 0 Å². The number of amides is 2. The zero-order valence-electron chi connectivity index (χ0n) is 18.8. The molecule has 0 spiro atoms. The van der Waals surface area contributed by atoms with Crippen molar-refractivity contribution in [1.82, 2.24) is 25.0 Å². The lowest BCUT2D eigenvalue weighted by Crippen LogP contribution is -2.25. The van der Waals surface area contributed by atoms with Crippen molar-refractivity contribution >= 4 is 55.4 Å². The summed E-state index contributed by atoms with van der Waals surface area (Å²) in [5.74, 6) is -0.308. The molecular weight excluding hydrogens is 450 g/mol. The molecule has 1 saturated heterocycles. The van der Waals surface area contributed by atoms with Crippen LogP contribution >= 0.6 is 11.3 Å². The van der Waals surface area contributed by atoms with Gasteiger partial charge in [-0.15, -0.1) is 11.3 Å². The van der Waals surface area contributed by atoms with Crippen LogP contribution in [0.5, 0.6) is 0 Å². The molecule has 2 amide bonds. The van der Waals surface area contributed by atoms with E-state index in [4.69, 9.17) is 9.84 Å². The number of hydrogen-bond donors (Lipinski definition) is 2. The van der Waals surface area contributed by atoms with E-state index in [1.165, 1.54) is 0 Å². The third-order valence-electron chi connectivity index (χ3n) is 6.81. The van der Waals surface area contributed by atoms with E-state index in [2.05, 4.69) is 15.2 Å². The maximum atomic E-state index is 13.0. The first-order chi connectivity index (χ1) is 16.6. The zero-order chi connectivity index (χ0) is 23.2. The number of methoxy groups -OCH3 is 1. The maximum Gasteiger partial charge on any atom is 0.261 e. The van der Waals surface area contributed by atoms with Crippen LogP contribution in [0.1, 0.15) is 17.7 Å². The predicted octanol–water partition coefficient (Wildman–Crippen LogP) is 3.11. The lowest BCUT2D eigenvalue weighted by molar-refractivity contribution is -0.122. The fraction of sp³-hybridized carbons (Fsp3) is 0.320. The highest BCUT2D eigenvalue weighted by Crippen LogP contribution is 2.38. The topological polar surface area (TPSA) is 92.2 Å². The van der Waals surface area contributed by atoms with Crippen LogP contribution in [0.25, 0.3) is 32.3 Å². The van der Waals surface area contributed by atoms with E-state index in [-0.39, 0.29) is 5.91 Å². The van der Waals surface area contributed by atoms with Gasteiger partial charge in [-0.25, -0.2) is 0 Å². The number of imide groups is 1. The Balaban J connectivity index is 1.42. The Labute approximate surface area is 200 Å². The summed E-state index contributed by atoms with van der Waals surface area (Å²) in [6, 6.07) is 9.92. The molecule has 4 aromatic rings. The van der Waals surface area contributed by atoms with Crippen LogP contribution in [-0.2, 0) is 20.9 Å². The van der Waals surface area contributed by atoms with Crippen molar-refractivity contribution in [2.24, 2.45) is 5.92 Å². The highest BCUT2D eigenvalue weighted by Gasteiger charge is 2.36. The molecule has 1 unspecified atom stereocenters. The minimum Gasteiger partial charge on any atom is -0.383 e. The molecule has 1 atom stereocenters. The van der Waals surface area contributed by atoms with Crippen molar-refractivity contribution in [3.63, 3.8) is 0 Å². The number of nitrogens with one attached hydrogen (secondary N) is 2. The van der Waals surface area contributed by atoms with E-state index in [0.717, 1.165) is 65.9 Å². The summed E-state index contributed by atoms with van der Waals surface area (Å²) in [6.45, 7) is 4.49. The number of fused-ring (bicyclic) bond motifs is 2. The number of carbonyl (C=O) groups is 2. The van der Waals surface area contributed by atoms with Gasteiger partial charge in [-0.05, 0) is 36.4 Å². The average molecular weight is 476 g/mol. The van der Waals surface area contributed by atoms with Crippen LogP contribution < -0.4 is 5.32 Å². The number of likely N-dealkylation sites (tertiary alicyclic amines) is 1. The van der Waals surface area contributed by atoms with Crippen LogP contribution in [0.4, 0.5) is 0 Å². The van der Waals surface area contributed by atoms with Gasteiger partial charge in [0.1, 0.15) is 10.5 Å². The van der Waals surface area contributed by atoms with Gasteiger partial charge in [-0.2, -0.15) is 5.10 Å². The summed E-state index contributed by atoms with van der Waals surface area (Å²) < 4.78 is 7.23. The van der Waals surface area contributed by atoms with Crippen LogP contribution in [0.15, 0.2) is 41.9 Å². The Morgan fingerprint density at radius 2 is 2.00 bits per heavy atom. The predicted molar refractivity (Wildman–Crippen MR) is 132 cm³/mol. The molecule has 2 N–H and O–H groups in total. The molecule has 9 heteroatoms. The van der Waals surface area contributed by atoms with Crippen LogP contribution in [0.3, 0.4) is 0 Å². The molecule has 34 heavy (non-hydrogen) atoms. The van der Waals surface area contributed by atoms with Gasteiger partial charge < -0.3 is 14.6 Å². The summed E-state index contributed by atoms with van der Waals surface area (Å²) in [6.07, 6.45) is 2.90. The molecule has 3 aromatic heterocycles. The fourth-order valence-electron chi connectivity index (χ4n) is 5.17. The van der Waals surface area contributed by atoms with E-state index >= 15 is 0 Å². The molecule has 0 saturated carbocycles. The highest BCUT2D eigenvalue weighted by molar-refractivity contribution is 7.16. The molecular formula is C25H25N5O3S. The first kappa shape index (κ1) is 21.3. The van der Waals surface area contributed by atoms with Crippen molar-refractivity contribution < 1.29 is 14.3 Å². The first-order valence-corrected chi connectivity index (χ1v) is 12.3. The number of hydrogen-bond acceptors (Lipinski definition) is 6. The number of H-pyrrole nitrogens is 1. The number of rotatable bonds is 7. The standard InChI is InChI=1S/C25H25N5O3S/c1-33-10-9-29-8-6-15(13-29)14-30-19-5-3-2-4-17(19)22(28-30)21-20(23(31)27-24(21)32)18-12-26-25-16(18)7-11-34-25/h2-5,7,11-12,15,26H,6,8-10,13-14H2,1H3,(H,27,31,32). The second-order valence-electron chi connectivity index (χ2n) is 8.89. The number of para-hydroxylation sites is 1. The Morgan fingerprint density at radius 3 is 2.88 bits per heavy atom. The van der Waals surface area contributed by atoms with Gasteiger partial charge in [0.05, 0.1) is 23.3 Å². The van der Waals surface area contributed by atoms with Gasteiger partial charge in [0, 0.05) is 49.3 Å². The van der Waals surface area contributed by atoms with Gasteiger partial charge in [-0.1, -0.05) is 18.2 Å². The molecule has 8 nitrogen and oxygen atoms in total. The zero-order valence-corrected chi connectivity index (χ0v) is 19.7. The van der Waals surface area contributed by atoms with Crippen molar-refractivity contribution in [2.75, 3.05) is 33.4 Å². The van der Waals surface area contributed by atoms with Crippen LogP contribution in [-0.4, -0.2) is 64.8 Å². The minimum atomic E-state index is -0.397. The number of aromatic nitrogens is 3. The Morgan fingerprint density at radius 1 is 1.15 bits per heavy atom. The normalized spacial score (nSPS) is 19.3.